The van der Waals surface area contributed by atoms with Gasteiger partial charge >= 0.3 is 0 Å². The van der Waals surface area contributed by atoms with Crippen molar-refractivity contribution in [1.29, 1.82) is 0 Å². The van der Waals surface area contributed by atoms with Crippen LogP contribution in [0.25, 0.3) is 0 Å². The summed E-state index contributed by atoms with van der Waals surface area (Å²) in [5.74, 6) is 0. The molecule has 0 heterocycles. The Kier molecular flexibility index (Phi) is 4.35. The van der Waals surface area contributed by atoms with Crippen LogP contribution >= 0.6 is 0 Å². The molecule has 2 nitrogen and oxygen atoms in total. The highest BCUT2D eigenvalue weighted by atomic mass is 16.5. The number of hydrogen-bond donors (Lipinski definition) is 1. The van der Waals surface area contributed by atoms with Crippen molar-refractivity contribution >= 4 is 0 Å². The standard InChI is InChI=1S/C17H21NO/c1-17(2,13-18)19-16(14-9-5-3-6-10-14)15-11-7-4-8-12-15/h3-12,16H,13,18H2,1-2H3. The third-order valence-electron chi connectivity index (χ3n) is 3.13. The van der Waals surface area contributed by atoms with E-state index in [2.05, 4.69) is 24.3 Å². The molecular formula is C17H21NO. The molecule has 0 bridgehead atoms. The molecule has 2 rings (SSSR count). The molecule has 2 aromatic rings. The predicted octanol–water partition coefficient (Wildman–Crippen LogP) is 3.53. The van der Waals surface area contributed by atoms with Crippen molar-refractivity contribution < 1.29 is 4.74 Å². The summed E-state index contributed by atoms with van der Waals surface area (Å²) in [6, 6.07) is 20.5. The van der Waals surface area contributed by atoms with Gasteiger partial charge in [-0.3, -0.25) is 0 Å². The molecular weight excluding hydrogens is 234 g/mol. The van der Waals surface area contributed by atoms with Crippen LogP contribution in [0.3, 0.4) is 0 Å². The fourth-order valence-corrected chi connectivity index (χ4v) is 1.95. The average Bonchev–Trinajstić information content (AvgIpc) is 2.47. The van der Waals surface area contributed by atoms with Gasteiger partial charge in [-0.25, -0.2) is 0 Å². The van der Waals surface area contributed by atoms with Crippen LogP contribution in [-0.4, -0.2) is 12.1 Å². The van der Waals surface area contributed by atoms with E-state index >= 15 is 0 Å². The van der Waals surface area contributed by atoms with Crippen LogP contribution < -0.4 is 5.73 Å². The number of nitrogens with two attached hydrogens (primary N) is 1. The Hall–Kier alpha value is -1.64. The van der Waals surface area contributed by atoms with Crippen molar-refractivity contribution in [3.05, 3.63) is 71.8 Å². The molecule has 2 N–H and O–H groups in total. The molecule has 0 radical (unpaired) electrons. The first-order valence-electron chi connectivity index (χ1n) is 6.60. The molecule has 0 saturated heterocycles. The summed E-state index contributed by atoms with van der Waals surface area (Å²) >= 11 is 0. The summed E-state index contributed by atoms with van der Waals surface area (Å²) in [5.41, 5.74) is 7.73. The van der Waals surface area contributed by atoms with Crippen molar-refractivity contribution in [3.63, 3.8) is 0 Å². The highest BCUT2D eigenvalue weighted by molar-refractivity contribution is 5.30. The van der Waals surface area contributed by atoms with E-state index in [4.69, 9.17) is 10.5 Å². The van der Waals surface area contributed by atoms with Crippen molar-refractivity contribution in [2.75, 3.05) is 6.54 Å². The molecule has 19 heavy (non-hydrogen) atoms. The normalized spacial score (nSPS) is 11.8. The fraction of sp³-hybridized carbons (Fsp3) is 0.294. The van der Waals surface area contributed by atoms with Crippen LogP contribution in [0.5, 0.6) is 0 Å². The maximum atomic E-state index is 6.23. The fourth-order valence-electron chi connectivity index (χ4n) is 1.95. The molecule has 2 heteroatoms. The quantitative estimate of drug-likeness (QED) is 0.887. The third-order valence-corrected chi connectivity index (χ3v) is 3.13. The maximum absolute atomic E-state index is 6.23. The molecule has 0 amide bonds. The lowest BCUT2D eigenvalue weighted by atomic mass is 10.00. The molecule has 2 aromatic carbocycles. The van der Waals surface area contributed by atoms with Gasteiger partial charge in [-0.15, -0.1) is 0 Å². The molecule has 0 aromatic heterocycles. The lowest BCUT2D eigenvalue weighted by Gasteiger charge is -2.30. The first kappa shape index (κ1) is 13.8. The molecule has 0 fully saturated rings. The highest BCUT2D eigenvalue weighted by Crippen LogP contribution is 2.30. The minimum atomic E-state index is -0.351. The Bertz CT molecular complexity index is 454. The Morgan fingerprint density at radius 3 is 1.68 bits per heavy atom. The van der Waals surface area contributed by atoms with Crippen molar-refractivity contribution in [2.24, 2.45) is 5.73 Å². The summed E-state index contributed by atoms with van der Waals surface area (Å²) < 4.78 is 6.23. The largest absolute Gasteiger partial charge is 0.362 e. The summed E-state index contributed by atoms with van der Waals surface area (Å²) in [6.45, 7) is 4.53. The lowest BCUT2D eigenvalue weighted by Crippen LogP contribution is -2.35. The van der Waals surface area contributed by atoms with Gasteiger partial charge in [-0.1, -0.05) is 60.7 Å². The van der Waals surface area contributed by atoms with E-state index in [1.54, 1.807) is 0 Å². The zero-order chi connectivity index (χ0) is 13.7. The van der Waals surface area contributed by atoms with Crippen LogP contribution in [0, 0.1) is 0 Å². The topological polar surface area (TPSA) is 35.2 Å². The van der Waals surface area contributed by atoms with Crippen molar-refractivity contribution in [2.45, 2.75) is 25.6 Å². The minimum Gasteiger partial charge on any atom is -0.362 e. The number of rotatable bonds is 5. The van der Waals surface area contributed by atoms with E-state index in [-0.39, 0.29) is 11.7 Å². The Balaban J connectivity index is 2.35. The molecule has 0 unspecified atom stereocenters. The highest BCUT2D eigenvalue weighted by Gasteiger charge is 2.24. The van der Waals surface area contributed by atoms with E-state index in [1.807, 2.05) is 50.2 Å². The zero-order valence-corrected chi connectivity index (χ0v) is 11.5. The predicted molar refractivity (Wildman–Crippen MR) is 78.9 cm³/mol. The summed E-state index contributed by atoms with van der Waals surface area (Å²) in [7, 11) is 0. The van der Waals surface area contributed by atoms with Gasteiger partial charge in [0.1, 0.15) is 6.10 Å². The second-order valence-corrected chi connectivity index (χ2v) is 5.28. The SMILES string of the molecule is CC(C)(CN)OC(c1ccccc1)c1ccccc1. The molecule has 0 aliphatic rings. The van der Waals surface area contributed by atoms with Gasteiger partial charge < -0.3 is 10.5 Å². The van der Waals surface area contributed by atoms with Crippen LogP contribution in [-0.2, 0) is 4.74 Å². The van der Waals surface area contributed by atoms with Gasteiger partial charge in [0.05, 0.1) is 5.60 Å². The Morgan fingerprint density at radius 2 is 1.32 bits per heavy atom. The van der Waals surface area contributed by atoms with E-state index in [0.717, 1.165) is 11.1 Å². The number of ether oxygens (including phenoxy) is 1. The molecule has 0 aliphatic heterocycles. The molecule has 0 spiro atoms. The molecule has 100 valence electrons. The molecule has 0 aliphatic carbocycles. The van der Waals surface area contributed by atoms with Gasteiger partial charge in [0, 0.05) is 6.54 Å². The maximum Gasteiger partial charge on any atom is 0.108 e. The lowest BCUT2D eigenvalue weighted by molar-refractivity contribution is -0.0493. The second kappa shape index (κ2) is 6.00. The van der Waals surface area contributed by atoms with Crippen LogP contribution in [0.2, 0.25) is 0 Å². The number of benzene rings is 2. The van der Waals surface area contributed by atoms with Crippen molar-refractivity contribution in [3.8, 4) is 0 Å². The van der Waals surface area contributed by atoms with Gasteiger partial charge in [0.2, 0.25) is 0 Å². The Labute approximate surface area is 115 Å². The smallest absolute Gasteiger partial charge is 0.108 e. The van der Waals surface area contributed by atoms with E-state index < -0.39 is 0 Å². The monoisotopic (exact) mass is 255 g/mol. The summed E-state index contributed by atoms with van der Waals surface area (Å²) in [4.78, 5) is 0. The minimum absolute atomic E-state index is 0.0825. The first-order valence-corrected chi connectivity index (χ1v) is 6.60. The Morgan fingerprint density at radius 1 is 0.895 bits per heavy atom. The number of hydrogen-bond acceptors (Lipinski definition) is 2. The van der Waals surface area contributed by atoms with E-state index in [9.17, 15) is 0 Å². The van der Waals surface area contributed by atoms with Crippen molar-refractivity contribution in [1.82, 2.24) is 0 Å². The van der Waals surface area contributed by atoms with E-state index in [0.29, 0.717) is 6.54 Å². The van der Waals surface area contributed by atoms with Crippen LogP contribution in [0.1, 0.15) is 31.1 Å². The van der Waals surface area contributed by atoms with Crippen LogP contribution in [0.4, 0.5) is 0 Å². The average molecular weight is 255 g/mol. The zero-order valence-electron chi connectivity index (χ0n) is 11.5. The third kappa shape index (κ3) is 3.66. The molecule has 0 saturated carbocycles. The summed E-state index contributed by atoms with van der Waals surface area (Å²) in [6.07, 6.45) is -0.0825. The first-order chi connectivity index (χ1) is 9.12. The van der Waals surface area contributed by atoms with Gasteiger partial charge in [0.15, 0.2) is 0 Å². The summed E-state index contributed by atoms with van der Waals surface area (Å²) in [5, 5.41) is 0. The van der Waals surface area contributed by atoms with E-state index in [1.165, 1.54) is 0 Å². The van der Waals surface area contributed by atoms with Gasteiger partial charge in [-0.05, 0) is 25.0 Å². The van der Waals surface area contributed by atoms with Gasteiger partial charge in [0.25, 0.3) is 0 Å². The van der Waals surface area contributed by atoms with Gasteiger partial charge in [-0.2, -0.15) is 0 Å². The second-order valence-electron chi connectivity index (χ2n) is 5.28. The molecule has 0 atom stereocenters. The van der Waals surface area contributed by atoms with Crippen LogP contribution in [0.15, 0.2) is 60.7 Å².